The van der Waals surface area contributed by atoms with Crippen LogP contribution in [-0.2, 0) is 18.3 Å². The van der Waals surface area contributed by atoms with E-state index in [9.17, 15) is 0 Å². The van der Waals surface area contributed by atoms with Crippen LogP contribution in [0.1, 0.15) is 50.7 Å². The van der Waals surface area contributed by atoms with Crippen LogP contribution < -0.4 is 10.6 Å². The normalized spacial score (nSPS) is 24.3. The number of nitrogens with one attached hydrogen (secondary N) is 2. The van der Waals surface area contributed by atoms with E-state index in [1.165, 1.54) is 32.1 Å². The molecule has 1 aliphatic heterocycles. The van der Waals surface area contributed by atoms with Crippen LogP contribution >= 0.6 is 0 Å². The van der Waals surface area contributed by atoms with Gasteiger partial charge in [0.2, 0.25) is 0 Å². The number of hydrogen-bond donors (Lipinski definition) is 2. The first-order chi connectivity index (χ1) is 13.7. The van der Waals surface area contributed by atoms with E-state index in [4.69, 9.17) is 9.73 Å². The zero-order valence-corrected chi connectivity index (χ0v) is 17.8. The molecule has 3 rings (SSSR count). The molecule has 2 N–H and O–H groups in total. The van der Waals surface area contributed by atoms with Crippen LogP contribution in [0.4, 0.5) is 0 Å². The number of guanidine groups is 1. The Kier molecular flexibility index (Phi) is 8.09. The Hall–Kier alpha value is -1.67. The molecule has 8 nitrogen and oxygen atoms in total. The molecular weight excluding hydrogens is 354 g/mol. The highest BCUT2D eigenvalue weighted by molar-refractivity contribution is 5.80. The Morgan fingerprint density at radius 1 is 1.25 bits per heavy atom. The van der Waals surface area contributed by atoms with Gasteiger partial charge in [0.05, 0.1) is 13.2 Å². The average molecular weight is 392 g/mol. The van der Waals surface area contributed by atoms with Crippen molar-refractivity contribution in [2.24, 2.45) is 18.0 Å². The Morgan fingerprint density at radius 2 is 2.07 bits per heavy atom. The Morgan fingerprint density at radius 3 is 2.79 bits per heavy atom. The van der Waals surface area contributed by atoms with Crippen molar-refractivity contribution in [3.05, 3.63) is 11.6 Å². The minimum absolute atomic E-state index is 0.509. The predicted molar refractivity (Wildman–Crippen MR) is 111 cm³/mol. The van der Waals surface area contributed by atoms with Crippen LogP contribution in [0, 0.1) is 12.8 Å². The van der Waals surface area contributed by atoms with Crippen molar-refractivity contribution >= 4 is 5.96 Å². The molecule has 158 valence electrons. The standard InChI is InChI=1S/C20H37N7O/c1-4-17-6-5-7-18(14-17)23-20(21-8-9-27-10-12-28-13-11-27)22-15-19-25-24-16(2)26(19)3/h17-18H,4-15H2,1-3H3,(H2,21,22,23). The molecule has 0 radical (unpaired) electrons. The highest BCUT2D eigenvalue weighted by Crippen LogP contribution is 2.26. The van der Waals surface area contributed by atoms with E-state index in [2.05, 4.69) is 32.7 Å². The van der Waals surface area contributed by atoms with Gasteiger partial charge in [-0.25, -0.2) is 4.99 Å². The third-order valence-corrected chi connectivity index (χ3v) is 6.09. The molecule has 2 atom stereocenters. The van der Waals surface area contributed by atoms with Crippen molar-refractivity contribution in [3.8, 4) is 0 Å². The van der Waals surface area contributed by atoms with Gasteiger partial charge in [-0.15, -0.1) is 10.2 Å². The summed E-state index contributed by atoms with van der Waals surface area (Å²) in [4.78, 5) is 7.26. The number of aliphatic imine (C=N–C) groups is 1. The molecule has 1 saturated carbocycles. The van der Waals surface area contributed by atoms with Gasteiger partial charge < -0.3 is 19.9 Å². The molecule has 1 saturated heterocycles. The monoisotopic (exact) mass is 391 g/mol. The van der Waals surface area contributed by atoms with Gasteiger partial charge in [0.1, 0.15) is 12.4 Å². The molecule has 28 heavy (non-hydrogen) atoms. The number of morpholine rings is 1. The summed E-state index contributed by atoms with van der Waals surface area (Å²) < 4.78 is 7.44. The molecule has 0 spiro atoms. The number of hydrogen-bond acceptors (Lipinski definition) is 5. The highest BCUT2D eigenvalue weighted by Gasteiger charge is 2.21. The molecule has 0 amide bonds. The lowest BCUT2D eigenvalue weighted by atomic mass is 9.84. The molecule has 1 aromatic rings. The summed E-state index contributed by atoms with van der Waals surface area (Å²) in [6.45, 7) is 10.4. The van der Waals surface area contributed by atoms with Crippen molar-refractivity contribution in [1.29, 1.82) is 0 Å². The van der Waals surface area contributed by atoms with Gasteiger partial charge >= 0.3 is 0 Å². The summed E-state index contributed by atoms with van der Waals surface area (Å²) >= 11 is 0. The summed E-state index contributed by atoms with van der Waals surface area (Å²) in [7, 11) is 1.99. The zero-order chi connectivity index (χ0) is 19.8. The number of aromatic nitrogens is 3. The molecule has 1 aromatic heterocycles. The van der Waals surface area contributed by atoms with E-state index in [1.807, 2.05) is 18.5 Å². The van der Waals surface area contributed by atoms with Gasteiger partial charge in [-0.3, -0.25) is 4.90 Å². The second kappa shape index (κ2) is 10.8. The largest absolute Gasteiger partial charge is 0.379 e. The summed E-state index contributed by atoms with van der Waals surface area (Å²) in [5, 5.41) is 15.6. The van der Waals surface area contributed by atoms with E-state index < -0.39 is 0 Å². The maximum absolute atomic E-state index is 5.44. The van der Waals surface area contributed by atoms with Crippen LogP contribution in [0.5, 0.6) is 0 Å². The van der Waals surface area contributed by atoms with Gasteiger partial charge in [0, 0.05) is 39.3 Å². The summed E-state index contributed by atoms with van der Waals surface area (Å²) in [6, 6.07) is 0.509. The number of rotatable bonds is 7. The summed E-state index contributed by atoms with van der Waals surface area (Å²) in [5.74, 6) is 3.54. The number of ether oxygens (including phenoxy) is 1. The van der Waals surface area contributed by atoms with E-state index in [0.29, 0.717) is 12.6 Å². The van der Waals surface area contributed by atoms with Crippen LogP contribution in [-0.4, -0.2) is 71.1 Å². The van der Waals surface area contributed by atoms with Crippen LogP contribution in [0.2, 0.25) is 0 Å². The van der Waals surface area contributed by atoms with Crippen LogP contribution in [0.3, 0.4) is 0 Å². The first kappa shape index (κ1) is 21.0. The highest BCUT2D eigenvalue weighted by atomic mass is 16.5. The second-order valence-electron chi connectivity index (χ2n) is 8.05. The fraction of sp³-hybridized carbons (Fsp3) is 0.850. The van der Waals surface area contributed by atoms with Crippen LogP contribution in [0.25, 0.3) is 0 Å². The number of aryl methyl sites for hydroxylation is 1. The lowest BCUT2D eigenvalue weighted by molar-refractivity contribution is 0.0389. The predicted octanol–water partition coefficient (Wildman–Crippen LogP) is 1.46. The van der Waals surface area contributed by atoms with Gasteiger partial charge in [-0.05, 0) is 25.7 Å². The molecule has 2 fully saturated rings. The van der Waals surface area contributed by atoms with Crippen molar-refractivity contribution in [2.75, 3.05) is 39.4 Å². The Bertz CT molecular complexity index is 624. The Labute approximate surface area is 169 Å². The van der Waals surface area contributed by atoms with E-state index >= 15 is 0 Å². The Balaban J connectivity index is 1.57. The quantitative estimate of drug-likeness (QED) is 0.541. The maximum atomic E-state index is 5.44. The fourth-order valence-electron chi connectivity index (χ4n) is 4.03. The molecule has 0 aromatic carbocycles. The topological polar surface area (TPSA) is 79.6 Å². The molecule has 2 heterocycles. The number of nitrogens with zero attached hydrogens (tertiary/aromatic N) is 5. The average Bonchev–Trinajstić information content (AvgIpc) is 3.05. The summed E-state index contributed by atoms with van der Waals surface area (Å²) in [5.41, 5.74) is 0. The smallest absolute Gasteiger partial charge is 0.191 e. The van der Waals surface area contributed by atoms with E-state index in [0.717, 1.165) is 62.9 Å². The molecular formula is C20H37N7O. The SMILES string of the molecule is CCC1CCCC(NC(=NCc2nnc(C)n2C)NCCN2CCOCC2)C1. The van der Waals surface area contributed by atoms with Crippen molar-refractivity contribution in [1.82, 2.24) is 30.3 Å². The lowest BCUT2D eigenvalue weighted by Crippen LogP contribution is -2.48. The molecule has 1 aliphatic carbocycles. The molecule has 0 bridgehead atoms. The van der Waals surface area contributed by atoms with Crippen LogP contribution in [0.15, 0.2) is 4.99 Å². The molecule has 2 aliphatic rings. The van der Waals surface area contributed by atoms with Crippen molar-refractivity contribution < 1.29 is 4.74 Å². The zero-order valence-electron chi connectivity index (χ0n) is 17.8. The third-order valence-electron chi connectivity index (χ3n) is 6.09. The maximum Gasteiger partial charge on any atom is 0.191 e. The lowest BCUT2D eigenvalue weighted by Gasteiger charge is -2.31. The minimum atomic E-state index is 0.509. The first-order valence-corrected chi connectivity index (χ1v) is 10.9. The van der Waals surface area contributed by atoms with Crippen molar-refractivity contribution in [2.45, 2.75) is 58.5 Å². The molecule has 8 heteroatoms. The van der Waals surface area contributed by atoms with E-state index in [1.54, 1.807) is 0 Å². The minimum Gasteiger partial charge on any atom is -0.379 e. The van der Waals surface area contributed by atoms with E-state index in [-0.39, 0.29) is 0 Å². The van der Waals surface area contributed by atoms with Gasteiger partial charge in [-0.1, -0.05) is 26.2 Å². The fourth-order valence-corrected chi connectivity index (χ4v) is 4.03. The van der Waals surface area contributed by atoms with Gasteiger partial charge in [-0.2, -0.15) is 0 Å². The summed E-state index contributed by atoms with van der Waals surface area (Å²) in [6.07, 6.45) is 6.41. The third kappa shape index (κ3) is 6.17. The first-order valence-electron chi connectivity index (χ1n) is 10.9. The second-order valence-corrected chi connectivity index (χ2v) is 8.05. The van der Waals surface area contributed by atoms with Gasteiger partial charge in [0.25, 0.3) is 0 Å². The van der Waals surface area contributed by atoms with Crippen molar-refractivity contribution in [3.63, 3.8) is 0 Å². The van der Waals surface area contributed by atoms with Gasteiger partial charge in [0.15, 0.2) is 11.8 Å². The molecule has 2 unspecified atom stereocenters.